The predicted molar refractivity (Wildman–Crippen MR) is 31.9 cm³/mol. The molecule has 1 N–H and O–H groups in total. The molecule has 7 heavy (non-hydrogen) atoms. The van der Waals surface area contributed by atoms with Gasteiger partial charge in [-0.15, -0.1) is 0 Å². The van der Waals surface area contributed by atoms with E-state index in [1.807, 2.05) is 0 Å². The molecule has 0 aliphatic carbocycles. The van der Waals surface area contributed by atoms with Crippen LogP contribution in [0.5, 0.6) is 0 Å². The fourth-order valence-corrected chi connectivity index (χ4v) is 3.34. The van der Waals surface area contributed by atoms with Gasteiger partial charge in [0.25, 0.3) is 0 Å². The Morgan fingerprint density at radius 1 is 1.71 bits per heavy atom. The third-order valence-corrected chi connectivity index (χ3v) is 3.31. The summed E-state index contributed by atoms with van der Waals surface area (Å²) in [7, 11) is 0. The minimum absolute atomic E-state index is 0.549. The molecule has 0 heterocycles. The van der Waals surface area contributed by atoms with Crippen molar-refractivity contribution in [2.75, 3.05) is 5.33 Å². The molecule has 0 unspecified atom stereocenters. The monoisotopic (exact) mass is 274 g/mol. The van der Waals surface area contributed by atoms with Gasteiger partial charge in [0.15, 0.2) is 0 Å². The Hall–Kier alpha value is 1.04. The molecule has 4 heteroatoms. The zero-order chi connectivity index (χ0) is 5.70. The molecule has 0 atom stereocenters. The molecule has 0 radical (unpaired) electrons. The van der Waals surface area contributed by atoms with E-state index in [4.69, 9.17) is 3.44 Å². The Morgan fingerprint density at radius 3 is 2.43 bits per heavy atom. The van der Waals surface area contributed by atoms with Crippen LogP contribution in [0.4, 0.5) is 0 Å². The first kappa shape index (κ1) is 8.04. The molecular weight excluding hydrogens is 267 g/mol. The maximum atomic E-state index is 10.0. The van der Waals surface area contributed by atoms with Gasteiger partial charge in [0.2, 0.25) is 0 Å². The number of halogens is 1. The molecular formula is C3H7BrO2Sn. The maximum absolute atomic E-state index is 10.0. The Labute approximate surface area is 58.7 Å². The summed E-state index contributed by atoms with van der Waals surface area (Å²) in [4.78, 5) is 0. The second kappa shape index (κ2) is 5.18. The van der Waals surface area contributed by atoms with Crippen molar-refractivity contribution in [3.05, 3.63) is 0 Å². The van der Waals surface area contributed by atoms with Gasteiger partial charge in [0.05, 0.1) is 0 Å². The Kier molecular flexibility index (Phi) is 5.95. The van der Waals surface area contributed by atoms with Crippen LogP contribution in [-0.2, 0) is 3.08 Å². The summed E-state index contributed by atoms with van der Waals surface area (Å²) in [6, 6.07) is 0. The molecule has 0 aliphatic rings. The van der Waals surface area contributed by atoms with E-state index in [9.17, 15) is 3.08 Å². The number of hydrogen-bond acceptors (Lipinski definition) is 1. The van der Waals surface area contributed by atoms with Gasteiger partial charge >= 0.3 is 58.8 Å². The molecule has 0 aromatic carbocycles. The zero-order valence-electron chi connectivity index (χ0n) is 3.85. The summed E-state index contributed by atoms with van der Waals surface area (Å²) in [6.07, 6.45) is 0.842. The second-order valence-corrected chi connectivity index (χ2v) is 5.65. The van der Waals surface area contributed by atoms with E-state index in [0.717, 1.165) is 11.8 Å². The molecule has 42 valence electrons. The van der Waals surface area contributed by atoms with Crippen molar-refractivity contribution in [3.63, 3.8) is 0 Å². The van der Waals surface area contributed by atoms with Crippen LogP contribution >= 0.6 is 15.9 Å². The Morgan fingerprint density at radius 2 is 2.29 bits per heavy atom. The minimum atomic E-state index is -2.92. The second-order valence-electron chi connectivity index (χ2n) is 1.19. The first-order chi connectivity index (χ1) is 3.27. The molecule has 0 bridgehead atoms. The summed E-state index contributed by atoms with van der Waals surface area (Å²) >= 11 is 0.237. The van der Waals surface area contributed by atoms with E-state index in [-0.39, 0.29) is 0 Å². The van der Waals surface area contributed by atoms with E-state index in [0.29, 0.717) is 4.44 Å². The van der Waals surface area contributed by atoms with E-state index >= 15 is 0 Å². The normalized spacial score (nSPS) is 8.86. The first-order valence-electron chi connectivity index (χ1n) is 2.05. The first-order valence-corrected chi connectivity index (χ1v) is 7.63. The van der Waals surface area contributed by atoms with Gasteiger partial charge in [-0.1, -0.05) is 0 Å². The van der Waals surface area contributed by atoms with Crippen LogP contribution in [0.25, 0.3) is 0 Å². The van der Waals surface area contributed by atoms with E-state index < -0.39 is 20.2 Å². The van der Waals surface area contributed by atoms with Gasteiger partial charge in [0.1, 0.15) is 0 Å². The molecule has 0 amide bonds. The zero-order valence-corrected chi connectivity index (χ0v) is 8.29. The van der Waals surface area contributed by atoms with E-state index in [1.54, 1.807) is 0 Å². The molecule has 0 aliphatic heterocycles. The standard InChI is InChI=1S/C3H6Br.H2O.O.Sn/c1-2-3-4;;;/h1-3H2;1H2;;/q;;;+1/p-1. The average molecular weight is 274 g/mol. The van der Waals surface area contributed by atoms with Crippen LogP contribution < -0.4 is 0 Å². The van der Waals surface area contributed by atoms with Crippen molar-refractivity contribution in [2.24, 2.45) is 0 Å². The average Bonchev–Trinajstić information content (AvgIpc) is 1.61. The molecule has 2 nitrogen and oxygen atoms in total. The molecule has 0 rings (SSSR count). The quantitative estimate of drug-likeness (QED) is 0.607. The SMILES string of the molecule is [O]=[Sn]([OH])[CH2]CCBr. The number of alkyl halides is 1. The van der Waals surface area contributed by atoms with Gasteiger partial charge < -0.3 is 0 Å². The fourth-order valence-electron chi connectivity index (χ4n) is 0.218. The van der Waals surface area contributed by atoms with E-state index in [1.165, 1.54) is 0 Å². The molecule has 0 spiro atoms. The van der Waals surface area contributed by atoms with Crippen LogP contribution in [0.15, 0.2) is 0 Å². The topological polar surface area (TPSA) is 37.3 Å². The van der Waals surface area contributed by atoms with Crippen molar-refractivity contribution < 1.29 is 6.52 Å². The Balaban J connectivity index is 2.82. The molecule has 0 aromatic rings. The van der Waals surface area contributed by atoms with E-state index in [2.05, 4.69) is 15.9 Å². The molecule has 0 saturated carbocycles. The molecule has 0 saturated heterocycles. The van der Waals surface area contributed by atoms with Crippen molar-refractivity contribution in [1.82, 2.24) is 0 Å². The van der Waals surface area contributed by atoms with Crippen molar-refractivity contribution >= 4 is 36.1 Å². The summed E-state index contributed by atoms with van der Waals surface area (Å²) < 4.78 is 18.9. The van der Waals surface area contributed by atoms with Crippen LogP contribution in [0, 0.1) is 0 Å². The van der Waals surface area contributed by atoms with Gasteiger partial charge in [-0.3, -0.25) is 0 Å². The predicted octanol–water partition coefficient (Wildman–Crippen LogP) is 0.682. The van der Waals surface area contributed by atoms with Gasteiger partial charge in [0, 0.05) is 0 Å². The molecule has 0 fully saturated rings. The van der Waals surface area contributed by atoms with Crippen molar-refractivity contribution in [1.29, 1.82) is 0 Å². The van der Waals surface area contributed by atoms with Gasteiger partial charge in [-0.05, 0) is 0 Å². The van der Waals surface area contributed by atoms with Crippen molar-refractivity contribution in [2.45, 2.75) is 10.9 Å². The van der Waals surface area contributed by atoms with Gasteiger partial charge in [-0.2, -0.15) is 0 Å². The van der Waals surface area contributed by atoms with Crippen molar-refractivity contribution in [3.8, 4) is 0 Å². The van der Waals surface area contributed by atoms with Crippen LogP contribution in [0.3, 0.4) is 0 Å². The number of hydrogen-bond donors (Lipinski definition) is 1. The third-order valence-electron chi connectivity index (χ3n) is 0.524. The fraction of sp³-hybridized carbons (Fsp3) is 1.00. The summed E-state index contributed by atoms with van der Waals surface area (Å²) in [5.41, 5.74) is 0. The van der Waals surface area contributed by atoms with Crippen LogP contribution in [0.2, 0.25) is 4.44 Å². The van der Waals surface area contributed by atoms with Crippen LogP contribution in [0.1, 0.15) is 6.42 Å². The molecule has 0 aromatic heterocycles. The van der Waals surface area contributed by atoms with Crippen LogP contribution in [-0.4, -0.2) is 28.9 Å². The number of rotatable bonds is 3. The third kappa shape index (κ3) is 7.04. The van der Waals surface area contributed by atoms with Gasteiger partial charge in [-0.25, -0.2) is 0 Å². The Bertz CT molecular complexity index is 66.0. The summed E-state index contributed by atoms with van der Waals surface area (Å²) in [5, 5.41) is 0.847. The summed E-state index contributed by atoms with van der Waals surface area (Å²) in [5.74, 6) is 0. The summed E-state index contributed by atoms with van der Waals surface area (Å²) in [6.45, 7) is 0.